The molecule has 0 unspecified atom stereocenters. The van der Waals surface area contributed by atoms with Crippen molar-refractivity contribution in [2.45, 2.75) is 31.8 Å². The van der Waals surface area contributed by atoms with E-state index in [1.54, 1.807) is 7.11 Å². The molecule has 0 radical (unpaired) electrons. The number of nitrogens with one attached hydrogen (secondary N) is 1. The number of ether oxygens (including phenoxy) is 1. The Labute approximate surface area is 144 Å². The van der Waals surface area contributed by atoms with E-state index < -0.39 is 0 Å². The Morgan fingerprint density at radius 2 is 1.92 bits per heavy atom. The molecule has 1 saturated heterocycles. The van der Waals surface area contributed by atoms with Crippen molar-refractivity contribution in [2.75, 3.05) is 26.7 Å². The molecule has 1 N–H and O–H groups in total. The van der Waals surface area contributed by atoms with Crippen LogP contribution in [0.3, 0.4) is 0 Å². The standard InChI is InChI=1S/C20H27N3O/c1-24-20-6-4-17(5-7-20)8-12-23-13-9-19(10-14-23)22-16-18-3-2-11-21-15-18/h2-7,11,15,19,22H,8-10,12-14,16H2,1H3. The van der Waals surface area contributed by atoms with Gasteiger partial charge in [0, 0.05) is 31.5 Å². The Balaban J connectivity index is 1.35. The van der Waals surface area contributed by atoms with E-state index >= 15 is 0 Å². The second-order valence-electron chi connectivity index (χ2n) is 6.46. The van der Waals surface area contributed by atoms with Crippen LogP contribution in [-0.2, 0) is 13.0 Å². The van der Waals surface area contributed by atoms with Crippen LogP contribution in [0.5, 0.6) is 5.75 Å². The molecule has 3 rings (SSSR count). The van der Waals surface area contributed by atoms with Gasteiger partial charge >= 0.3 is 0 Å². The van der Waals surface area contributed by atoms with Gasteiger partial charge in [-0.3, -0.25) is 4.98 Å². The van der Waals surface area contributed by atoms with Crippen LogP contribution in [0.2, 0.25) is 0 Å². The van der Waals surface area contributed by atoms with Crippen molar-refractivity contribution in [1.82, 2.24) is 15.2 Å². The molecule has 0 spiro atoms. The highest BCUT2D eigenvalue weighted by Crippen LogP contribution is 2.14. The van der Waals surface area contributed by atoms with E-state index in [1.807, 2.05) is 30.6 Å². The van der Waals surface area contributed by atoms with Gasteiger partial charge in [0.15, 0.2) is 0 Å². The lowest BCUT2D eigenvalue weighted by Crippen LogP contribution is -2.42. The summed E-state index contributed by atoms with van der Waals surface area (Å²) in [6, 6.07) is 13.2. The molecule has 4 heteroatoms. The zero-order chi connectivity index (χ0) is 16.6. The SMILES string of the molecule is COc1ccc(CCN2CCC(NCc3cccnc3)CC2)cc1. The number of hydrogen-bond donors (Lipinski definition) is 1. The van der Waals surface area contributed by atoms with Gasteiger partial charge in [-0.05, 0) is 61.7 Å². The molecule has 1 aromatic heterocycles. The van der Waals surface area contributed by atoms with Crippen LogP contribution in [-0.4, -0.2) is 42.7 Å². The smallest absolute Gasteiger partial charge is 0.118 e. The fourth-order valence-corrected chi connectivity index (χ4v) is 3.20. The van der Waals surface area contributed by atoms with Crippen LogP contribution >= 0.6 is 0 Å². The van der Waals surface area contributed by atoms with E-state index in [0.29, 0.717) is 6.04 Å². The second-order valence-corrected chi connectivity index (χ2v) is 6.46. The maximum absolute atomic E-state index is 5.21. The van der Waals surface area contributed by atoms with Gasteiger partial charge in [0.1, 0.15) is 5.75 Å². The minimum Gasteiger partial charge on any atom is -0.497 e. The first-order valence-corrected chi connectivity index (χ1v) is 8.81. The molecule has 0 amide bonds. The van der Waals surface area contributed by atoms with Gasteiger partial charge in [-0.2, -0.15) is 0 Å². The summed E-state index contributed by atoms with van der Waals surface area (Å²) < 4.78 is 5.21. The number of pyridine rings is 1. The van der Waals surface area contributed by atoms with Gasteiger partial charge < -0.3 is 15.0 Å². The molecule has 128 valence electrons. The Morgan fingerprint density at radius 1 is 1.12 bits per heavy atom. The van der Waals surface area contributed by atoms with E-state index in [0.717, 1.165) is 25.3 Å². The fraction of sp³-hybridized carbons (Fsp3) is 0.450. The molecule has 2 aromatic rings. The molecule has 0 saturated carbocycles. The van der Waals surface area contributed by atoms with E-state index in [9.17, 15) is 0 Å². The van der Waals surface area contributed by atoms with E-state index in [1.165, 1.54) is 37.1 Å². The number of nitrogens with zero attached hydrogens (tertiary/aromatic N) is 2. The second kappa shape index (κ2) is 8.81. The number of benzene rings is 1. The third kappa shape index (κ3) is 5.05. The van der Waals surface area contributed by atoms with Crippen LogP contribution in [0.15, 0.2) is 48.8 Å². The van der Waals surface area contributed by atoms with Gasteiger partial charge in [-0.15, -0.1) is 0 Å². The van der Waals surface area contributed by atoms with Crippen LogP contribution in [0.1, 0.15) is 24.0 Å². The van der Waals surface area contributed by atoms with Crippen LogP contribution in [0, 0.1) is 0 Å². The van der Waals surface area contributed by atoms with Crippen LogP contribution < -0.4 is 10.1 Å². The predicted octanol–water partition coefficient (Wildman–Crippen LogP) is 2.89. The Morgan fingerprint density at radius 3 is 2.58 bits per heavy atom. The zero-order valence-electron chi connectivity index (χ0n) is 14.4. The van der Waals surface area contributed by atoms with Crippen molar-refractivity contribution >= 4 is 0 Å². The lowest BCUT2D eigenvalue weighted by molar-refractivity contribution is 0.199. The van der Waals surface area contributed by atoms with Crippen molar-refractivity contribution in [3.63, 3.8) is 0 Å². The first-order chi connectivity index (χ1) is 11.8. The molecule has 4 nitrogen and oxygen atoms in total. The Kier molecular flexibility index (Phi) is 6.21. The number of aromatic nitrogens is 1. The highest BCUT2D eigenvalue weighted by molar-refractivity contribution is 5.27. The molecule has 0 aliphatic carbocycles. The maximum atomic E-state index is 5.21. The minimum atomic E-state index is 0.627. The highest BCUT2D eigenvalue weighted by atomic mass is 16.5. The topological polar surface area (TPSA) is 37.4 Å². The molecule has 0 atom stereocenters. The van der Waals surface area contributed by atoms with Gasteiger partial charge in [0.25, 0.3) is 0 Å². The van der Waals surface area contributed by atoms with Crippen LogP contribution in [0.4, 0.5) is 0 Å². The average Bonchev–Trinajstić information content (AvgIpc) is 2.67. The summed E-state index contributed by atoms with van der Waals surface area (Å²) in [5.41, 5.74) is 2.65. The van der Waals surface area contributed by atoms with Crippen molar-refractivity contribution in [2.24, 2.45) is 0 Å². The van der Waals surface area contributed by atoms with Crippen molar-refractivity contribution < 1.29 is 4.74 Å². The molecule has 24 heavy (non-hydrogen) atoms. The van der Waals surface area contributed by atoms with Gasteiger partial charge in [0.05, 0.1) is 7.11 Å². The van der Waals surface area contributed by atoms with E-state index in [2.05, 4.69) is 33.4 Å². The number of rotatable bonds is 7. The van der Waals surface area contributed by atoms with Crippen molar-refractivity contribution in [3.05, 3.63) is 59.9 Å². The van der Waals surface area contributed by atoms with Gasteiger partial charge in [-0.25, -0.2) is 0 Å². The molecular weight excluding hydrogens is 298 g/mol. The third-order valence-electron chi connectivity index (χ3n) is 4.78. The largest absolute Gasteiger partial charge is 0.497 e. The molecule has 1 aromatic carbocycles. The monoisotopic (exact) mass is 325 g/mol. The predicted molar refractivity (Wildman–Crippen MR) is 97.2 cm³/mol. The molecule has 1 fully saturated rings. The van der Waals surface area contributed by atoms with Crippen molar-refractivity contribution in [3.8, 4) is 5.75 Å². The molecular formula is C20H27N3O. The molecule has 1 aliphatic rings. The van der Waals surface area contributed by atoms with Gasteiger partial charge in [0.2, 0.25) is 0 Å². The third-order valence-corrected chi connectivity index (χ3v) is 4.78. The molecule has 1 aliphatic heterocycles. The molecule has 0 bridgehead atoms. The summed E-state index contributed by atoms with van der Waals surface area (Å²) in [6.07, 6.45) is 7.32. The van der Waals surface area contributed by atoms with E-state index in [4.69, 9.17) is 4.74 Å². The summed E-state index contributed by atoms with van der Waals surface area (Å²) in [5.74, 6) is 0.930. The lowest BCUT2D eigenvalue weighted by atomic mass is 10.0. The zero-order valence-corrected chi connectivity index (χ0v) is 14.4. The summed E-state index contributed by atoms with van der Waals surface area (Å²) in [4.78, 5) is 6.74. The summed E-state index contributed by atoms with van der Waals surface area (Å²) >= 11 is 0. The van der Waals surface area contributed by atoms with E-state index in [-0.39, 0.29) is 0 Å². The summed E-state index contributed by atoms with van der Waals surface area (Å²) in [5, 5.41) is 3.66. The Hall–Kier alpha value is -1.91. The fourth-order valence-electron chi connectivity index (χ4n) is 3.20. The average molecular weight is 325 g/mol. The normalized spacial score (nSPS) is 16.2. The Bertz CT molecular complexity index is 592. The minimum absolute atomic E-state index is 0.627. The summed E-state index contributed by atoms with van der Waals surface area (Å²) in [6.45, 7) is 4.42. The molecule has 2 heterocycles. The lowest BCUT2D eigenvalue weighted by Gasteiger charge is -2.32. The number of likely N-dealkylation sites (tertiary alicyclic amines) is 1. The summed E-state index contributed by atoms with van der Waals surface area (Å²) in [7, 11) is 1.71. The number of hydrogen-bond acceptors (Lipinski definition) is 4. The highest BCUT2D eigenvalue weighted by Gasteiger charge is 2.18. The number of methoxy groups -OCH3 is 1. The first kappa shape index (κ1) is 16.9. The van der Waals surface area contributed by atoms with Crippen LogP contribution in [0.25, 0.3) is 0 Å². The number of piperidine rings is 1. The first-order valence-electron chi connectivity index (χ1n) is 8.81. The van der Waals surface area contributed by atoms with Gasteiger partial charge in [-0.1, -0.05) is 18.2 Å². The maximum Gasteiger partial charge on any atom is 0.118 e. The quantitative estimate of drug-likeness (QED) is 0.849. The van der Waals surface area contributed by atoms with Crippen molar-refractivity contribution in [1.29, 1.82) is 0 Å².